The molecule has 1 saturated heterocycles. The number of nitrogens with one attached hydrogen (secondary N) is 1. The zero-order chi connectivity index (χ0) is 14.1. The first kappa shape index (κ1) is 13.3. The van der Waals surface area contributed by atoms with Gasteiger partial charge in [0.15, 0.2) is 4.77 Å². The Morgan fingerprint density at radius 2 is 2.30 bits per heavy atom. The summed E-state index contributed by atoms with van der Waals surface area (Å²) in [6.45, 7) is 2.05. The number of aromatic amines is 1. The second-order valence-corrected chi connectivity index (χ2v) is 5.87. The zero-order valence-corrected chi connectivity index (χ0v) is 12.4. The lowest BCUT2D eigenvalue weighted by Gasteiger charge is -2.32. The van der Waals surface area contributed by atoms with Crippen LogP contribution in [0.5, 0.6) is 0 Å². The minimum atomic E-state index is 0.528. The Kier molecular flexibility index (Phi) is 3.60. The van der Waals surface area contributed by atoms with E-state index in [1.807, 2.05) is 18.2 Å². The smallest absolute Gasteiger partial charge is 0.178 e. The van der Waals surface area contributed by atoms with Crippen molar-refractivity contribution in [3.63, 3.8) is 0 Å². The third-order valence-corrected chi connectivity index (χ3v) is 4.57. The monoisotopic (exact) mass is 286 g/mol. The number of nitrogens with zero attached hydrogens (tertiary/aromatic N) is 3. The Morgan fingerprint density at radius 3 is 3.05 bits per heavy atom. The molecule has 4 nitrogen and oxygen atoms in total. The summed E-state index contributed by atoms with van der Waals surface area (Å²) in [5, 5.41) is 9.18. The van der Waals surface area contributed by atoms with Crippen LogP contribution in [0.4, 0.5) is 0 Å². The van der Waals surface area contributed by atoms with Crippen molar-refractivity contribution in [1.29, 1.82) is 5.26 Å². The molecule has 0 bridgehead atoms. The van der Waals surface area contributed by atoms with Crippen LogP contribution in [0.2, 0.25) is 0 Å². The van der Waals surface area contributed by atoms with Crippen molar-refractivity contribution >= 4 is 23.3 Å². The number of nitriles is 1. The van der Waals surface area contributed by atoms with Gasteiger partial charge in [-0.1, -0.05) is 12.5 Å². The van der Waals surface area contributed by atoms with Crippen LogP contribution in [0, 0.1) is 16.1 Å². The van der Waals surface area contributed by atoms with Gasteiger partial charge in [0.05, 0.1) is 16.6 Å². The Labute approximate surface area is 123 Å². The molecule has 2 heterocycles. The molecule has 1 atom stereocenters. The fraction of sp³-hybridized carbons (Fsp3) is 0.467. The van der Waals surface area contributed by atoms with E-state index >= 15 is 0 Å². The zero-order valence-electron chi connectivity index (χ0n) is 11.6. The fourth-order valence-electron chi connectivity index (χ4n) is 3.04. The maximum atomic E-state index is 9.18. The van der Waals surface area contributed by atoms with Gasteiger partial charge < -0.3 is 14.5 Å². The minimum Gasteiger partial charge on any atom is -0.329 e. The molecule has 5 heteroatoms. The van der Waals surface area contributed by atoms with Gasteiger partial charge in [0, 0.05) is 12.6 Å². The van der Waals surface area contributed by atoms with E-state index < -0.39 is 0 Å². The van der Waals surface area contributed by atoms with Gasteiger partial charge in [-0.25, -0.2) is 0 Å². The van der Waals surface area contributed by atoms with E-state index in [4.69, 9.17) is 12.2 Å². The molecule has 1 fully saturated rings. The van der Waals surface area contributed by atoms with Crippen LogP contribution < -0.4 is 0 Å². The first-order valence-electron chi connectivity index (χ1n) is 7.02. The molecule has 1 aromatic carbocycles. The Balaban J connectivity index is 2.02. The number of benzene rings is 1. The molecule has 1 unspecified atom stereocenters. The summed E-state index contributed by atoms with van der Waals surface area (Å²) in [5.74, 6) is 0. The number of H-pyrrole nitrogens is 1. The highest BCUT2D eigenvalue weighted by molar-refractivity contribution is 7.71. The van der Waals surface area contributed by atoms with Gasteiger partial charge in [-0.15, -0.1) is 0 Å². The molecule has 0 saturated carbocycles. The summed E-state index contributed by atoms with van der Waals surface area (Å²) in [6.07, 6.45) is 3.78. The highest BCUT2D eigenvalue weighted by Crippen LogP contribution is 2.22. The van der Waals surface area contributed by atoms with Gasteiger partial charge in [-0.3, -0.25) is 0 Å². The third kappa shape index (κ3) is 2.26. The van der Waals surface area contributed by atoms with Crippen molar-refractivity contribution in [2.45, 2.75) is 31.8 Å². The predicted molar refractivity (Wildman–Crippen MR) is 82.1 cm³/mol. The van der Waals surface area contributed by atoms with Gasteiger partial charge in [0.2, 0.25) is 0 Å². The number of hydrogen-bond acceptors (Lipinski definition) is 3. The van der Waals surface area contributed by atoms with Crippen LogP contribution in [-0.4, -0.2) is 34.1 Å². The molecule has 1 aliphatic heterocycles. The highest BCUT2D eigenvalue weighted by Gasteiger charge is 2.20. The molecule has 1 aromatic heterocycles. The molecule has 3 rings (SSSR count). The number of imidazole rings is 1. The molecule has 0 aliphatic carbocycles. The lowest BCUT2D eigenvalue weighted by molar-refractivity contribution is 0.168. The number of hydrogen-bond donors (Lipinski definition) is 1. The maximum absolute atomic E-state index is 9.18. The number of likely N-dealkylation sites (N-methyl/N-ethyl adjacent to an activating group) is 1. The van der Waals surface area contributed by atoms with Gasteiger partial charge in [-0.05, 0) is 50.8 Å². The number of para-hydroxylation sites is 1. The standard InChI is InChI=1S/C15H18N4S/c1-18-8-3-2-6-12(18)10-19-13-7-4-5-11(9-16)14(13)17-15(19)20/h4-5,7,12H,2-3,6,8,10H2,1H3,(H,17,20). The average Bonchev–Trinajstić information content (AvgIpc) is 2.77. The minimum absolute atomic E-state index is 0.528. The molecular weight excluding hydrogens is 268 g/mol. The first-order chi connectivity index (χ1) is 9.70. The van der Waals surface area contributed by atoms with Gasteiger partial charge >= 0.3 is 0 Å². The Morgan fingerprint density at radius 1 is 1.45 bits per heavy atom. The van der Waals surface area contributed by atoms with Crippen molar-refractivity contribution in [2.75, 3.05) is 13.6 Å². The highest BCUT2D eigenvalue weighted by atomic mass is 32.1. The summed E-state index contributed by atoms with van der Waals surface area (Å²) in [4.78, 5) is 5.60. The van der Waals surface area contributed by atoms with Crippen molar-refractivity contribution in [1.82, 2.24) is 14.5 Å². The second-order valence-electron chi connectivity index (χ2n) is 5.48. The molecule has 0 spiro atoms. The molecule has 0 amide bonds. The van der Waals surface area contributed by atoms with Gasteiger partial charge in [-0.2, -0.15) is 5.26 Å². The van der Waals surface area contributed by atoms with E-state index in [0.29, 0.717) is 16.4 Å². The van der Waals surface area contributed by atoms with E-state index in [1.54, 1.807) is 0 Å². The number of piperidine rings is 1. The van der Waals surface area contributed by atoms with Crippen LogP contribution in [0.1, 0.15) is 24.8 Å². The fourth-order valence-corrected chi connectivity index (χ4v) is 3.32. The van der Waals surface area contributed by atoms with Crippen molar-refractivity contribution < 1.29 is 0 Å². The summed E-state index contributed by atoms with van der Waals surface area (Å²) in [5.41, 5.74) is 2.55. The summed E-state index contributed by atoms with van der Waals surface area (Å²) in [6, 6.07) is 8.53. The number of aromatic nitrogens is 2. The van der Waals surface area contributed by atoms with E-state index in [2.05, 4.69) is 27.6 Å². The number of likely N-dealkylation sites (tertiary alicyclic amines) is 1. The summed E-state index contributed by atoms with van der Waals surface area (Å²) >= 11 is 5.45. The molecular formula is C15H18N4S. The molecule has 1 N–H and O–H groups in total. The third-order valence-electron chi connectivity index (χ3n) is 4.25. The first-order valence-corrected chi connectivity index (χ1v) is 7.43. The number of fused-ring (bicyclic) bond motifs is 1. The summed E-state index contributed by atoms with van der Waals surface area (Å²) in [7, 11) is 2.18. The molecule has 104 valence electrons. The van der Waals surface area contributed by atoms with Crippen LogP contribution in [0.3, 0.4) is 0 Å². The van der Waals surface area contributed by atoms with Gasteiger partial charge in [0.25, 0.3) is 0 Å². The molecule has 2 aromatic rings. The van der Waals surface area contributed by atoms with E-state index in [1.165, 1.54) is 19.3 Å². The largest absolute Gasteiger partial charge is 0.329 e. The molecule has 1 aliphatic rings. The maximum Gasteiger partial charge on any atom is 0.178 e. The predicted octanol–water partition coefficient (Wildman–Crippen LogP) is 3.05. The van der Waals surface area contributed by atoms with Crippen LogP contribution in [0.25, 0.3) is 11.0 Å². The quantitative estimate of drug-likeness (QED) is 0.863. The van der Waals surface area contributed by atoms with E-state index in [0.717, 1.165) is 24.1 Å². The SMILES string of the molecule is CN1CCCCC1Cn1c(=S)[nH]c2c(C#N)cccc21. The summed E-state index contributed by atoms with van der Waals surface area (Å²) < 4.78 is 2.85. The number of rotatable bonds is 2. The van der Waals surface area contributed by atoms with Crippen molar-refractivity contribution in [3.8, 4) is 6.07 Å². The van der Waals surface area contributed by atoms with Crippen molar-refractivity contribution in [3.05, 3.63) is 28.5 Å². The van der Waals surface area contributed by atoms with Crippen LogP contribution in [0.15, 0.2) is 18.2 Å². The van der Waals surface area contributed by atoms with Crippen LogP contribution >= 0.6 is 12.2 Å². The molecule has 0 radical (unpaired) electrons. The lowest BCUT2D eigenvalue weighted by atomic mass is 10.0. The van der Waals surface area contributed by atoms with Crippen LogP contribution in [-0.2, 0) is 6.54 Å². The van der Waals surface area contributed by atoms with E-state index in [-0.39, 0.29) is 0 Å². The van der Waals surface area contributed by atoms with E-state index in [9.17, 15) is 5.26 Å². The second kappa shape index (κ2) is 5.39. The normalized spacial score (nSPS) is 20.1. The lowest BCUT2D eigenvalue weighted by Crippen LogP contribution is -2.39. The van der Waals surface area contributed by atoms with Crippen molar-refractivity contribution in [2.24, 2.45) is 0 Å². The molecule has 20 heavy (non-hydrogen) atoms. The topological polar surface area (TPSA) is 47.8 Å². The average molecular weight is 286 g/mol. The Hall–Kier alpha value is -1.64. The Bertz CT molecular complexity index is 722. The van der Waals surface area contributed by atoms with Gasteiger partial charge in [0.1, 0.15) is 6.07 Å².